The van der Waals surface area contributed by atoms with Crippen LogP contribution in [0.4, 0.5) is 31.7 Å². The number of fused-ring (bicyclic) bond motifs is 2. The zero-order valence-electron chi connectivity index (χ0n) is 40.3. The fraction of sp³-hybridized carbons (Fsp3) is 0.423. The van der Waals surface area contributed by atoms with Crippen molar-refractivity contribution < 1.29 is 56.8 Å². The van der Waals surface area contributed by atoms with E-state index in [-0.39, 0.29) is 50.1 Å². The van der Waals surface area contributed by atoms with E-state index in [9.17, 15) is 37.9 Å². The van der Waals surface area contributed by atoms with Crippen LogP contribution in [-0.2, 0) is 39.8 Å². The molecule has 6 N–H and O–H groups in total. The van der Waals surface area contributed by atoms with Crippen LogP contribution >= 0.6 is 0 Å². The Morgan fingerprint density at radius 2 is 1.55 bits per heavy atom. The number of aliphatic hydroxyl groups is 1. The number of carbonyl (C=O) groups excluding carboxylic acids is 5. The zero-order valence-corrected chi connectivity index (χ0v) is 40.3. The number of halogens is 2. The van der Waals surface area contributed by atoms with Crippen molar-refractivity contribution >= 4 is 63.3 Å². The predicted molar refractivity (Wildman–Crippen MR) is 265 cm³/mol. The van der Waals surface area contributed by atoms with Crippen LogP contribution in [0, 0.1) is 11.6 Å². The number of anilines is 4. The monoisotopic (exact) mass is 1010 g/mol. The third-order valence-corrected chi connectivity index (χ3v) is 13.4. The lowest BCUT2D eigenvalue weighted by atomic mass is 10.0. The maximum atomic E-state index is 14.0. The van der Waals surface area contributed by atoms with E-state index in [1.165, 1.54) is 12.1 Å². The fourth-order valence-electron chi connectivity index (χ4n) is 9.66. The van der Waals surface area contributed by atoms with E-state index in [1.54, 1.807) is 24.3 Å². The molecule has 1 aromatic heterocycles. The molecule has 4 aliphatic heterocycles. The summed E-state index contributed by atoms with van der Waals surface area (Å²) in [6, 6.07) is 18.8. The van der Waals surface area contributed by atoms with Crippen molar-refractivity contribution in [3.05, 3.63) is 112 Å². The van der Waals surface area contributed by atoms with Gasteiger partial charge in [-0.1, -0.05) is 12.1 Å². The molecule has 3 fully saturated rings. The Hall–Kier alpha value is -7.04. The number of benzene rings is 4. The minimum atomic E-state index is -1.34. The molecule has 386 valence electrons. The lowest BCUT2D eigenvalue weighted by Crippen LogP contribution is -2.53. The number of rotatable bonds is 21. The van der Waals surface area contributed by atoms with Crippen molar-refractivity contribution in [3.8, 4) is 0 Å². The van der Waals surface area contributed by atoms with Gasteiger partial charge in [0.15, 0.2) is 12.0 Å². The second-order valence-electron chi connectivity index (χ2n) is 18.3. The van der Waals surface area contributed by atoms with Gasteiger partial charge < -0.3 is 49.8 Å². The van der Waals surface area contributed by atoms with Crippen molar-refractivity contribution in [2.75, 3.05) is 106 Å². The number of nitrogens with one attached hydrogen (secondary N) is 5. The second kappa shape index (κ2) is 23.7. The summed E-state index contributed by atoms with van der Waals surface area (Å²) in [5.74, 6) is -2.78. The molecule has 2 atom stereocenters. The number of aromatic nitrogens is 2. The maximum absolute atomic E-state index is 14.0. The minimum Gasteiger partial charge on any atom is -0.382 e. The summed E-state index contributed by atoms with van der Waals surface area (Å²) in [6.07, 6.45) is 0.994. The molecule has 0 radical (unpaired) electrons. The van der Waals surface area contributed by atoms with E-state index in [0.29, 0.717) is 129 Å². The van der Waals surface area contributed by atoms with Gasteiger partial charge in [-0.25, -0.2) is 8.78 Å². The standard InChI is InChI=1S/C52H59F2N9O10/c53-34-27-33(28-35(54)30-34)26-32-4-7-41-40(29-32)48(60-59-41)58-49(66)38-6-5-37(31-43(38)56-36-10-18-70-19-11-36)61-14-16-62(17-15-61)46(65)12-20-71-22-24-73-25-23-72-21-13-55-42-3-1-2-39-47(42)52(69)63(51(39)68)44-8-9-45(64)57-50(44)67/h1-7,27-31,36,44,52,55-56,69H,8-26H2,(H,57,64,67)(H2,58,59,60,66). The molecular formula is C52H59F2N9O10. The van der Waals surface area contributed by atoms with Crippen LogP contribution in [0.25, 0.3) is 10.9 Å². The first-order chi connectivity index (χ1) is 35.5. The molecular weight excluding hydrogens is 949 g/mol. The highest BCUT2D eigenvalue weighted by Gasteiger charge is 2.45. The van der Waals surface area contributed by atoms with Crippen LogP contribution in [0.1, 0.15) is 75.7 Å². The van der Waals surface area contributed by atoms with Gasteiger partial charge in [0.05, 0.1) is 57.1 Å². The maximum Gasteiger partial charge on any atom is 0.258 e. The van der Waals surface area contributed by atoms with E-state index >= 15 is 0 Å². The molecule has 9 rings (SSSR count). The summed E-state index contributed by atoms with van der Waals surface area (Å²) in [4.78, 5) is 69.5. The topological polar surface area (TPSA) is 229 Å². The molecule has 4 aromatic carbocycles. The van der Waals surface area contributed by atoms with Crippen molar-refractivity contribution in [2.45, 2.75) is 56.8 Å². The number of H-pyrrole nitrogens is 1. The molecule has 5 amide bonds. The summed E-state index contributed by atoms with van der Waals surface area (Å²) in [6.45, 7) is 5.78. The highest BCUT2D eigenvalue weighted by Crippen LogP contribution is 2.39. The first-order valence-electron chi connectivity index (χ1n) is 24.7. The van der Waals surface area contributed by atoms with Gasteiger partial charge in [0.2, 0.25) is 17.7 Å². The molecule has 73 heavy (non-hydrogen) atoms. The molecule has 0 bridgehead atoms. The molecule has 5 heterocycles. The van der Waals surface area contributed by atoms with E-state index in [4.69, 9.17) is 18.9 Å². The van der Waals surface area contributed by atoms with Gasteiger partial charge in [0, 0.05) is 98.0 Å². The Bertz CT molecular complexity index is 2800. The Labute approximate surface area is 419 Å². The van der Waals surface area contributed by atoms with Crippen LogP contribution in [-0.4, -0.2) is 152 Å². The van der Waals surface area contributed by atoms with Crippen LogP contribution in [0.15, 0.2) is 72.8 Å². The summed E-state index contributed by atoms with van der Waals surface area (Å²) >= 11 is 0. The Morgan fingerprint density at radius 3 is 2.30 bits per heavy atom. The summed E-state index contributed by atoms with van der Waals surface area (Å²) in [7, 11) is 0. The largest absolute Gasteiger partial charge is 0.382 e. The molecule has 3 saturated heterocycles. The third-order valence-electron chi connectivity index (χ3n) is 13.4. The van der Waals surface area contributed by atoms with Crippen molar-refractivity contribution in [2.24, 2.45) is 0 Å². The number of hydrogen-bond donors (Lipinski definition) is 6. The highest BCUT2D eigenvalue weighted by atomic mass is 19.1. The number of aromatic amines is 1. The number of ether oxygens (including phenoxy) is 4. The van der Waals surface area contributed by atoms with Gasteiger partial charge in [-0.3, -0.25) is 39.3 Å². The quantitative estimate of drug-likeness (QED) is 0.0432. The number of carbonyl (C=O) groups is 5. The first kappa shape index (κ1) is 50.9. The lowest BCUT2D eigenvalue weighted by Gasteiger charge is -2.36. The first-order valence-corrected chi connectivity index (χ1v) is 24.7. The molecule has 5 aromatic rings. The molecule has 19 nitrogen and oxygen atoms in total. The van der Waals surface area contributed by atoms with E-state index < -0.39 is 41.6 Å². The van der Waals surface area contributed by atoms with Gasteiger partial charge in [-0.15, -0.1) is 0 Å². The van der Waals surface area contributed by atoms with Crippen LogP contribution in [0.2, 0.25) is 0 Å². The number of piperazine rings is 1. The van der Waals surface area contributed by atoms with E-state index in [0.717, 1.165) is 35.1 Å². The van der Waals surface area contributed by atoms with Gasteiger partial charge in [-0.2, -0.15) is 5.10 Å². The molecule has 0 spiro atoms. The average molecular weight is 1010 g/mol. The Balaban J connectivity index is 0.679. The van der Waals surface area contributed by atoms with Gasteiger partial charge in [-0.05, 0) is 91.4 Å². The van der Waals surface area contributed by atoms with Gasteiger partial charge in [0.1, 0.15) is 17.7 Å². The highest BCUT2D eigenvalue weighted by molar-refractivity contribution is 6.11. The van der Waals surface area contributed by atoms with Crippen LogP contribution in [0.5, 0.6) is 0 Å². The number of nitrogens with zero attached hydrogens (tertiary/aromatic N) is 4. The van der Waals surface area contributed by atoms with Crippen molar-refractivity contribution in [1.29, 1.82) is 0 Å². The van der Waals surface area contributed by atoms with Crippen LogP contribution in [0.3, 0.4) is 0 Å². The predicted octanol–water partition coefficient (Wildman–Crippen LogP) is 4.73. The summed E-state index contributed by atoms with van der Waals surface area (Å²) < 4.78 is 50.4. The Kier molecular flexibility index (Phi) is 16.5. The molecule has 21 heteroatoms. The number of aliphatic hydroxyl groups excluding tert-OH is 1. The number of hydrogen-bond acceptors (Lipinski definition) is 14. The number of amides is 5. The normalized spacial score (nSPS) is 18.3. The number of piperidine rings is 1. The molecule has 0 aliphatic carbocycles. The van der Waals surface area contributed by atoms with Crippen molar-refractivity contribution in [1.82, 2.24) is 25.3 Å². The smallest absolute Gasteiger partial charge is 0.258 e. The zero-order chi connectivity index (χ0) is 50.8. The summed E-state index contributed by atoms with van der Waals surface area (Å²) in [5.41, 5.74) is 5.23. The summed E-state index contributed by atoms with van der Waals surface area (Å²) in [5, 5.41) is 31.1. The van der Waals surface area contributed by atoms with E-state index in [2.05, 4.69) is 36.4 Å². The Morgan fingerprint density at radius 1 is 0.808 bits per heavy atom. The number of imide groups is 1. The fourth-order valence-corrected chi connectivity index (χ4v) is 9.66. The minimum absolute atomic E-state index is 0.00514. The second-order valence-corrected chi connectivity index (χ2v) is 18.3. The van der Waals surface area contributed by atoms with Gasteiger partial charge in [0.25, 0.3) is 11.8 Å². The average Bonchev–Trinajstić information content (AvgIpc) is 3.89. The van der Waals surface area contributed by atoms with E-state index in [1.807, 2.05) is 35.2 Å². The van der Waals surface area contributed by atoms with Crippen LogP contribution < -0.4 is 26.2 Å². The molecule has 0 saturated carbocycles. The van der Waals surface area contributed by atoms with Gasteiger partial charge >= 0.3 is 0 Å². The van der Waals surface area contributed by atoms with Crippen molar-refractivity contribution in [3.63, 3.8) is 0 Å². The molecule has 2 unspecified atom stereocenters. The lowest BCUT2D eigenvalue weighted by molar-refractivity contribution is -0.139. The SMILES string of the molecule is O=C1CCC(N2C(=O)c3cccc(NCCOCCOCCOCCC(=O)N4CCN(c5ccc(C(=O)Nc6n[nH]c7ccc(Cc8cc(F)cc(F)c8)cc67)c(NC6CCOCC6)c5)CC4)c3C2O)C(=O)N1. The third kappa shape index (κ3) is 12.4. The molecule has 4 aliphatic rings.